The van der Waals surface area contributed by atoms with Gasteiger partial charge in [0, 0.05) is 6.42 Å². The fourth-order valence-electron chi connectivity index (χ4n) is 3.19. The number of hydrogen-bond donors (Lipinski definition) is 0. The molecule has 0 aliphatic rings. The summed E-state index contributed by atoms with van der Waals surface area (Å²) in [5.41, 5.74) is 1.11. The van der Waals surface area contributed by atoms with E-state index < -0.39 is 8.32 Å². The number of rotatable bonds is 15. The highest BCUT2D eigenvalue weighted by atomic mass is 28.4. The quantitative estimate of drug-likeness (QED) is 0.165. The number of methoxy groups -OCH3 is 1. The highest BCUT2D eigenvalue weighted by Crippen LogP contribution is 2.39. The molecule has 1 rings (SSSR count). The fraction of sp³-hybridized carbons (Fsp3) is 0.654. The van der Waals surface area contributed by atoms with E-state index >= 15 is 0 Å². The second-order valence-electron chi connectivity index (χ2n) is 10.1. The molecule has 176 valence electrons. The lowest BCUT2D eigenvalue weighted by molar-refractivity contribution is -0.108. The zero-order valence-corrected chi connectivity index (χ0v) is 21.8. The smallest absolute Gasteiger partial charge is 0.192 e. The molecule has 0 radical (unpaired) electrons. The van der Waals surface area contributed by atoms with E-state index in [1.807, 2.05) is 30.3 Å². The van der Waals surface area contributed by atoms with Crippen molar-refractivity contribution in [3.63, 3.8) is 0 Å². The van der Waals surface area contributed by atoms with Crippen molar-refractivity contribution < 1.29 is 18.7 Å². The lowest BCUT2D eigenvalue weighted by atomic mass is 9.96. The molecule has 4 nitrogen and oxygen atoms in total. The van der Waals surface area contributed by atoms with E-state index in [0.29, 0.717) is 18.9 Å². The summed E-state index contributed by atoms with van der Waals surface area (Å²) in [5, 5.41) is 0.130. The summed E-state index contributed by atoms with van der Waals surface area (Å²) in [6.07, 6.45) is 7.16. The molecule has 0 bridgehead atoms. The van der Waals surface area contributed by atoms with Crippen molar-refractivity contribution in [2.75, 3.05) is 7.11 Å². The molecule has 0 heterocycles. The SMILES string of the molecule is C=CCC[C@H](O[Si](C)(C)C(C)(C)C)[C@H](CC[C@H](C)CC=O)OCc1ccc(OC)cc1. The molecule has 0 aromatic heterocycles. The molecule has 1 aromatic rings. The minimum Gasteiger partial charge on any atom is -0.497 e. The highest BCUT2D eigenvalue weighted by Gasteiger charge is 2.40. The minimum absolute atomic E-state index is 0.0144. The molecule has 0 aliphatic carbocycles. The van der Waals surface area contributed by atoms with Gasteiger partial charge in [0.05, 0.1) is 25.9 Å². The molecule has 0 spiro atoms. The second kappa shape index (κ2) is 13.2. The molecule has 1 aromatic carbocycles. The van der Waals surface area contributed by atoms with Gasteiger partial charge in [-0.1, -0.05) is 45.9 Å². The van der Waals surface area contributed by atoms with Gasteiger partial charge < -0.3 is 18.7 Å². The van der Waals surface area contributed by atoms with E-state index in [1.165, 1.54) is 0 Å². The zero-order valence-electron chi connectivity index (χ0n) is 20.8. The van der Waals surface area contributed by atoms with Crippen molar-refractivity contribution in [3.8, 4) is 5.75 Å². The molecule has 0 aliphatic heterocycles. The number of hydrogen-bond acceptors (Lipinski definition) is 4. The maximum Gasteiger partial charge on any atom is 0.192 e. The van der Waals surface area contributed by atoms with E-state index in [0.717, 1.165) is 43.3 Å². The van der Waals surface area contributed by atoms with E-state index in [1.54, 1.807) is 7.11 Å². The third kappa shape index (κ3) is 9.71. The van der Waals surface area contributed by atoms with E-state index in [2.05, 4.69) is 47.4 Å². The van der Waals surface area contributed by atoms with Crippen LogP contribution in [0.15, 0.2) is 36.9 Å². The van der Waals surface area contributed by atoms with Crippen LogP contribution in [0.4, 0.5) is 0 Å². The number of carbonyl (C=O) groups excluding carboxylic acids is 1. The Balaban J connectivity index is 3.01. The summed E-state index contributed by atoms with van der Waals surface area (Å²) in [6, 6.07) is 8.00. The molecule has 3 atom stereocenters. The van der Waals surface area contributed by atoms with Crippen LogP contribution in [0, 0.1) is 5.92 Å². The molecular weight excluding hydrogens is 404 g/mol. The van der Waals surface area contributed by atoms with Gasteiger partial charge in [-0.25, -0.2) is 0 Å². The molecule has 5 heteroatoms. The predicted molar refractivity (Wildman–Crippen MR) is 132 cm³/mol. The van der Waals surface area contributed by atoms with E-state index in [9.17, 15) is 4.79 Å². The van der Waals surface area contributed by atoms with Crippen LogP contribution in [0.5, 0.6) is 5.75 Å². The zero-order chi connectivity index (χ0) is 23.5. The van der Waals surface area contributed by atoms with Gasteiger partial charge in [0.15, 0.2) is 8.32 Å². The van der Waals surface area contributed by atoms with Crippen LogP contribution >= 0.6 is 0 Å². The Labute approximate surface area is 191 Å². The summed E-state index contributed by atoms with van der Waals surface area (Å²) < 4.78 is 18.6. The topological polar surface area (TPSA) is 44.8 Å². The average Bonchev–Trinajstić information content (AvgIpc) is 2.71. The number of allylic oxidation sites excluding steroid dienone is 1. The average molecular weight is 449 g/mol. The fourth-order valence-corrected chi connectivity index (χ4v) is 4.57. The maximum atomic E-state index is 10.9. The van der Waals surface area contributed by atoms with Crippen molar-refractivity contribution in [2.45, 2.75) is 96.7 Å². The van der Waals surface area contributed by atoms with Crippen LogP contribution in [0.25, 0.3) is 0 Å². The van der Waals surface area contributed by atoms with Crippen molar-refractivity contribution in [1.29, 1.82) is 0 Å². The standard InChI is InChI=1S/C26H44O4Si/c1-9-10-11-25(30-31(7,8)26(3,4)5)24(17-12-21(2)18-19-27)29-20-22-13-15-23(28-6)16-14-22/h9,13-16,19,21,24-25H,1,10-12,17-18,20H2,2-8H3/t21-,24-,25-/m0/s1. The van der Waals surface area contributed by atoms with Gasteiger partial charge in [-0.2, -0.15) is 0 Å². The van der Waals surface area contributed by atoms with Crippen LogP contribution in [0.2, 0.25) is 18.1 Å². The van der Waals surface area contributed by atoms with Gasteiger partial charge in [-0.3, -0.25) is 0 Å². The highest BCUT2D eigenvalue weighted by molar-refractivity contribution is 6.74. The van der Waals surface area contributed by atoms with Crippen LogP contribution in [-0.2, 0) is 20.6 Å². The summed E-state index contributed by atoms with van der Waals surface area (Å²) in [6.45, 7) is 18.0. The Bertz CT molecular complexity index is 648. The predicted octanol–water partition coefficient (Wildman–Crippen LogP) is 6.94. The summed E-state index contributed by atoms with van der Waals surface area (Å²) in [5.74, 6) is 1.19. The van der Waals surface area contributed by atoms with Gasteiger partial charge in [0.25, 0.3) is 0 Å². The van der Waals surface area contributed by atoms with Crippen molar-refractivity contribution in [3.05, 3.63) is 42.5 Å². The number of ether oxygens (including phenoxy) is 2. The molecule has 0 amide bonds. The normalized spacial score (nSPS) is 15.2. The Morgan fingerprint density at radius 1 is 1.06 bits per heavy atom. The van der Waals surface area contributed by atoms with Crippen LogP contribution in [-0.4, -0.2) is 33.9 Å². The van der Waals surface area contributed by atoms with Gasteiger partial charge in [-0.05, 0) is 67.4 Å². The second-order valence-corrected chi connectivity index (χ2v) is 14.8. The molecule has 0 N–H and O–H groups in total. The molecular formula is C26H44O4Si. The van der Waals surface area contributed by atoms with Crippen LogP contribution in [0.3, 0.4) is 0 Å². The van der Waals surface area contributed by atoms with Gasteiger partial charge >= 0.3 is 0 Å². The van der Waals surface area contributed by atoms with Gasteiger partial charge in [0.2, 0.25) is 0 Å². The lowest BCUT2D eigenvalue weighted by Crippen LogP contribution is -2.47. The van der Waals surface area contributed by atoms with Crippen molar-refractivity contribution >= 4 is 14.6 Å². The third-order valence-corrected chi connectivity index (χ3v) is 10.9. The van der Waals surface area contributed by atoms with Gasteiger partial charge in [-0.15, -0.1) is 6.58 Å². The van der Waals surface area contributed by atoms with Crippen LogP contribution < -0.4 is 4.74 Å². The summed E-state index contributed by atoms with van der Waals surface area (Å²) in [7, 11) is -0.289. The summed E-state index contributed by atoms with van der Waals surface area (Å²) >= 11 is 0. The van der Waals surface area contributed by atoms with E-state index in [-0.39, 0.29) is 17.2 Å². The van der Waals surface area contributed by atoms with E-state index in [4.69, 9.17) is 13.9 Å². The third-order valence-electron chi connectivity index (χ3n) is 6.39. The van der Waals surface area contributed by atoms with Crippen molar-refractivity contribution in [2.24, 2.45) is 5.92 Å². The van der Waals surface area contributed by atoms with Crippen molar-refractivity contribution in [1.82, 2.24) is 0 Å². The molecule has 0 saturated heterocycles. The first-order chi connectivity index (χ1) is 14.5. The lowest BCUT2D eigenvalue weighted by Gasteiger charge is -2.41. The number of carbonyl (C=O) groups is 1. The first kappa shape index (κ1) is 27.6. The Morgan fingerprint density at radius 2 is 1.71 bits per heavy atom. The first-order valence-corrected chi connectivity index (χ1v) is 14.4. The summed E-state index contributed by atoms with van der Waals surface area (Å²) in [4.78, 5) is 10.9. The monoisotopic (exact) mass is 448 g/mol. The Hall–Kier alpha value is -1.43. The Morgan fingerprint density at radius 3 is 2.23 bits per heavy atom. The Kier molecular flexibility index (Phi) is 11.7. The minimum atomic E-state index is -1.96. The molecule has 0 saturated carbocycles. The maximum absolute atomic E-state index is 10.9. The molecule has 0 fully saturated rings. The number of benzene rings is 1. The van der Waals surface area contributed by atoms with Gasteiger partial charge in [0.1, 0.15) is 12.0 Å². The largest absolute Gasteiger partial charge is 0.497 e. The molecule has 31 heavy (non-hydrogen) atoms. The molecule has 0 unspecified atom stereocenters. The number of aldehydes is 1. The first-order valence-electron chi connectivity index (χ1n) is 11.5. The van der Waals surface area contributed by atoms with Crippen LogP contribution in [0.1, 0.15) is 65.4 Å².